The van der Waals surface area contributed by atoms with Crippen LogP contribution in [0.2, 0.25) is 5.02 Å². The quantitative estimate of drug-likeness (QED) is 0.725. The summed E-state index contributed by atoms with van der Waals surface area (Å²) in [6.45, 7) is 2.63. The van der Waals surface area contributed by atoms with Crippen molar-refractivity contribution in [1.29, 1.82) is 0 Å². The SMILES string of the molecule is Cc1ccc2c(c1)c(N1CCCC1=O)c(C(=O)Nc1ccccc1Cl)n2C. The second kappa shape index (κ2) is 6.74. The van der Waals surface area contributed by atoms with Crippen molar-refractivity contribution in [3.05, 3.63) is 58.7 Å². The molecule has 0 bridgehead atoms. The highest BCUT2D eigenvalue weighted by atomic mass is 35.5. The minimum Gasteiger partial charge on any atom is -0.338 e. The fourth-order valence-electron chi connectivity index (χ4n) is 3.70. The van der Waals surface area contributed by atoms with Crippen LogP contribution in [0.4, 0.5) is 11.4 Å². The van der Waals surface area contributed by atoms with Crippen LogP contribution in [0.5, 0.6) is 0 Å². The zero-order valence-corrected chi connectivity index (χ0v) is 16.0. The summed E-state index contributed by atoms with van der Waals surface area (Å²) in [6, 6.07) is 13.1. The zero-order chi connectivity index (χ0) is 19.1. The second-order valence-corrected chi connectivity index (χ2v) is 7.27. The Kier molecular flexibility index (Phi) is 4.40. The number of hydrogen-bond donors (Lipinski definition) is 1. The maximum Gasteiger partial charge on any atom is 0.274 e. The topological polar surface area (TPSA) is 54.3 Å². The van der Waals surface area contributed by atoms with Gasteiger partial charge < -0.3 is 14.8 Å². The number of amides is 2. The van der Waals surface area contributed by atoms with Gasteiger partial charge in [0.2, 0.25) is 5.91 Å². The fraction of sp³-hybridized carbons (Fsp3) is 0.238. The van der Waals surface area contributed by atoms with Crippen molar-refractivity contribution >= 4 is 45.7 Å². The molecule has 1 aliphatic rings. The van der Waals surface area contributed by atoms with Crippen molar-refractivity contribution in [3.8, 4) is 0 Å². The summed E-state index contributed by atoms with van der Waals surface area (Å²) in [5.41, 5.74) is 3.69. The summed E-state index contributed by atoms with van der Waals surface area (Å²) in [4.78, 5) is 27.4. The molecule has 2 aromatic carbocycles. The molecule has 27 heavy (non-hydrogen) atoms. The molecule has 0 radical (unpaired) electrons. The first-order valence-electron chi connectivity index (χ1n) is 8.92. The lowest BCUT2D eigenvalue weighted by Crippen LogP contribution is -2.27. The molecule has 6 heteroatoms. The average molecular weight is 382 g/mol. The van der Waals surface area contributed by atoms with Gasteiger partial charge >= 0.3 is 0 Å². The molecule has 5 nitrogen and oxygen atoms in total. The number of para-hydroxylation sites is 1. The van der Waals surface area contributed by atoms with E-state index >= 15 is 0 Å². The number of anilines is 2. The van der Waals surface area contributed by atoms with E-state index in [2.05, 4.69) is 5.32 Å². The number of carbonyl (C=O) groups excluding carboxylic acids is 2. The molecular weight excluding hydrogens is 362 g/mol. The van der Waals surface area contributed by atoms with Crippen molar-refractivity contribution < 1.29 is 9.59 Å². The monoisotopic (exact) mass is 381 g/mol. The molecule has 0 aliphatic carbocycles. The van der Waals surface area contributed by atoms with Crippen LogP contribution in [-0.4, -0.2) is 22.9 Å². The highest BCUT2D eigenvalue weighted by molar-refractivity contribution is 6.34. The van der Waals surface area contributed by atoms with Gasteiger partial charge in [-0.3, -0.25) is 9.59 Å². The Balaban J connectivity index is 1.88. The van der Waals surface area contributed by atoms with Gasteiger partial charge in [-0.2, -0.15) is 0 Å². The third-order valence-electron chi connectivity index (χ3n) is 5.01. The smallest absolute Gasteiger partial charge is 0.274 e. The second-order valence-electron chi connectivity index (χ2n) is 6.86. The van der Waals surface area contributed by atoms with Crippen LogP contribution in [0.15, 0.2) is 42.5 Å². The van der Waals surface area contributed by atoms with E-state index in [4.69, 9.17) is 11.6 Å². The molecular formula is C21H20ClN3O2. The van der Waals surface area contributed by atoms with Crippen LogP contribution in [0, 0.1) is 6.92 Å². The molecule has 2 amide bonds. The van der Waals surface area contributed by atoms with Gasteiger partial charge in [0.1, 0.15) is 5.69 Å². The Morgan fingerprint density at radius 3 is 2.67 bits per heavy atom. The van der Waals surface area contributed by atoms with Gasteiger partial charge in [-0.25, -0.2) is 0 Å². The van der Waals surface area contributed by atoms with Crippen molar-refractivity contribution in [2.45, 2.75) is 19.8 Å². The van der Waals surface area contributed by atoms with E-state index in [1.54, 1.807) is 17.0 Å². The molecule has 1 fully saturated rings. The number of halogens is 1. The first-order valence-corrected chi connectivity index (χ1v) is 9.30. The maximum absolute atomic E-state index is 13.2. The van der Waals surface area contributed by atoms with Crippen LogP contribution in [0.1, 0.15) is 28.9 Å². The minimum atomic E-state index is -0.283. The summed E-state index contributed by atoms with van der Waals surface area (Å²) in [5.74, 6) is -0.232. The standard InChI is InChI=1S/C21H20ClN3O2/c1-13-9-10-17-14(12-13)19(25-11-5-8-18(25)26)20(24(17)2)21(27)23-16-7-4-3-6-15(16)22/h3-4,6-7,9-10,12H,5,8,11H2,1-2H3,(H,23,27). The normalized spacial score (nSPS) is 14.2. The van der Waals surface area contributed by atoms with Crippen LogP contribution in [-0.2, 0) is 11.8 Å². The summed E-state index contributed by atoms with van der Waals surface area (Å²) in [6.07, 6.45) is 1.31. The summed E-state index contributed by atoms with van der Waals surface area (Å²) >= 11 is 6.20. The van der Waals surface area contributed by atoms with E-state index in [-0.39, 0.29) is 11.8 Å². The molecule has 0 unspecified atom stereocenters. The molecule has 0 saturated carbocycles. The Bertz CT molecular complexity index is 1070. The number of aromatic nitrogens is 1. The maximum atomic E-state index is 13.2. The van der Waals surface area contributed by atoms with Crippen molar-refractivity contribution in [2.75, 3.05) is 16.8 Å². The van der Waals surface area contributed by atoms with E-state index in [0.29, 0.717) is 35.1 Å². The average Bonchev–Trinajstić information content (AvgIpc) is 3.17. The number of nitrogens with one attached hydrogen (secondary N) is 1. The molecule has 1 aromatic heterocycles. The van der Waals surface area contributed by atoms with Gasteiger partial charge in [-0.05, 0) is 37.6 Å². The Labute approximate surface area is 162 Å². The summed E-state index contributed by atoms with van der Waals surface area (Å²) in [5, 5.41) is 4.28. The molecule has 3 aromatic rings. The lowest BCUT2D eigenvalue weighted by atomic mass is 10.1. The lowest BCUT2D eigenvalue weighted by Gasteiger charge is -2.18. The van der Waals surface area contributed by atoms with E-state index < -0.39 is 0 Å². The summed E-state index contributed by atoms with van der Waals surface area (Å²) in [7, 11) is 1.85. The zero-order valence-electron chi connectivity index (χ0n) is 15.3. The number of benzene rings is 2. The van der Waals surface area contributed by atoms with E-state index in [1.807, 2.05) is 48.9 Å². The van der Waals surface area contributed by atoms with Gasteiger partial charge in [0.15, 0.2) is 0 Å². The van der Waals surface area contributed by atoms with Crippen molar-refractivity contribution in [3.63, 3.8) is 0 Å². The fourth-order valence-corrected chi connectivity index (χ4v) is 3.88. The molecule has 138 valence electrons. The highest BCUT2D eigenvalue weighted by Crippen LogP contribution is 2.37. The number of aryl methyl sites for hydroxylation is 2. The molecule has 1 N–H and O–H groups in total. The van der Waals surface area contributed by atoms with Gasteiger partial charge in [-0.1, -0.05) is 35.4 Å². The molecule has 0 atom stereocenters. The molecule has 0 spiro atoms. The minimum absolute atomic E-state index is 0.0517. The van der Waals surface area contributed by atoms with Gasteiger partial charge in [0, 0.05) is 25.4 Å². The predicted molar refractivity (Wildman–Crippen MR) is 109 cm³/mol. The van der Waals surface area contributed by atoms with Gasteiger partial charge in [0.05, 0.1) is 21.9 Å². The molecule has 2 heterocycles. The number of hydrogen-bond acceptors (Lipinski definition) is 2. The first-order chi connectivity index (χ1) is 13.0. The van der Waals surface area contributed by atoms with Crippen LogP contribution in [0.25, 0.3) is 10.9 Å². The van der Waals surface area contributed by atoms with E-state index in [1.165, 1.54) is 0 Å². The number of fused-ring (bicyclic) bond motifs is 1. The van der Waals surface area contributed by atoms with Gasteiger partial charge in [-0.15, -0.1) is 0 Å². The largest absolute Gasteiger partial charge is 0.338 e. The van der Waals surface area contributed by atoms with Crippen molar-refractivity contribution in [1.82, 2.24) is 4.57 Å². The lowest BCUT2D eigenvalue weighted by molar-refractivity contribution is -0.117. The van der Waals surface area contributed by atoms with Gasteiger partial charge in [0.25, 0.3) is 5.91 Å². The Morgan fingerprint density at radius 1 is 1.19 bits per heavy atom. The molecule has 1 aliphatic heterocycles. The van der Waals surface area contributed by atoms with E-state index in [9.17, 15) is 9.59 Å². The Hall–Kier alpha value is -2.79. The Morgan fingerprint density at radius 2 is 1.96 bits per heavy atom. The molecule has 1 saturated heterocycles. The third kappa shape index (κ3) is 2.98. The van der Waals surface area contributed by atoms with Crippen LogP contribution in [0.3, 0.4) is 0 Å². The van der Waals surface area contributed by atoms with Crippen LogP contribution >= 0.6 is 11.6 Å². The van der Waals surface area contributed by atoms with E-state index in [0.717, 1.165) is 22.9 Å². The summed E-state index contributed by atoms with van der Waals surface area (Å²) < 4.78 is 1.85. The number of rotatable bonds is 3. The predicted octanol–water partition coefficient (Wildman–Crippen LogP) is 4.52. The first kappa shape index (κ1) is 17.6. The van der Waals surface area contributed by atoms with Crippen LogP contribution < -0.4 is 10.2 Å². The highest BCUT2D eigenvalue weighted by Gasteiger charge is 2.31. The molecule has 4 rings (SSSR count). The number of nitrogens with zero attached hydrogens (tertiary/aromatic N) is 2. The van der Waals surface area contributed by atoms with Crippen molar-refractivity contribution in [2.24, 2.45) is 7.05 Å². The number of carbonyl (C=O) groups is 2. The third-order valence-corrected chi connectivity index (χ3v) is 5.34.